The van der Waals surface area contributed by atoms with Crippen LogP contribution in [0.3, 0.4) is 0 Å². The van der Waals surface area contributed by atoms with E-state index < -0.39 is 0 Å². The molecule has 0 amide bonds. The molecule has 0 aliphatic rings. The molecule has 1 heterocycles. The van der Waals surface area contributed by atoms with E-state index in [1.807, 2.05) is 27.0 Å². The number of ether oxygens (including phenoxy) is 2. The van der Waals surface area contributed by atoms with Gasteiger partial charge in [-0.1, -0.05) is 147 Å². The Bertz CT molecular complexity index is 936. The molecule has 1 rings (SSSR count). The highest BCUT2D eigenvalue weighted by molar-refractivity contribution is 5.28. The van der Waals surface area contributed by atoms with E-state index in [0.717, 1.165) is 37.8 Å². The van der Waals surface area contributed by atoms with Crippen LogP contribution in [0, 0.1) is 0 Å². The van der Waals surface area contributed by atoms with Gasteiger partial charge in [0.1, 0.15) is 0 Å². The normalized spacial score (nSPS) is 12.4. The van der Waals surface area contributed by atoms with Crippen LogP contribution in [0.1, 0.15) is 188 Å². The SMILES string of the molecule is CC.CCCC/C=C\C/C=C\CCCCCCCC(C)Oc1cc(CNC)cc(OCCCCCCCC/C=C\C/C=C\CCCCC)n1. The molecule has 0 saturated carbocycles. The molecule has 1 aromatic heterocycles. The second-order valence-electron chi connectivity index (χ2n) is 13.2. The van der Waals surface area contributed by atoms with Crippen molar-refractivity contribution in [1.29, 1.82) is 0 Å². The summed E-state index contributed by atoms with van der Waals surface area (Å²) in [4.78, 5) is 4.69. The molecule has 4 heteroatoms. The first-order valence-corrected chi connectivity index (χ1v) is 20.7. The van der Waals surface area contributed by atoms with Gasteiger partial charge in [0, 0.05) is 18.7 Å². The van der Waals surface area contributed by atoms with Crippen LogP contribution >= 0.6 is 0 Å². The maximum Gasteiger partial charge on any atom is 0.217 e. The molecule has 49 heavy (non-hydrogen) atoms. The molecule has 0 aliphatic heterocycles. The summed E-state index contributed by atoms with van der Waals surface area (Å²) in [7, 11) is 1.97. The Morgan fingerprint density at radius 1 is 0.592 bits per heavy atom. The van der Waals surface area contributed by atoms with Crippen molar-refractivity contribution in [3.63, 3.8) is 0 Å². The average molecular weight is 681 g/mol. The largest absolute Gasteiger partial charge is 0.478 e. The predicted octanol–water partition coefficient (Wildman–Crippen LogP) is 14.2. The van der Waals surface area contributed by atoms with E-state index in [0.29, 0.717) is 18.4 Å². The van der Waals surface area contributed by atoms with Crippen molar-refractivity contribution in [2.45, 2.75) is 195 Å². The Kier molecular flexibility index (Phi) is 36.6. The number of pyridine rings is 1. The highest BCUT2D eigenvalue weighted by Crippen LogP contribution is 2.21. The summed E-state index contributed by atoms with van der Waals surface area (Å²) in [5.41, 5.74) is 1.15. The van der Waals surface area contributed by atoms with Crippen molar-refractivity contribution in [3.8, 4) is 11.8 Å². The number of hydrogen-bond donors (Lipinski definition) is 1. The molecule has 0 bridgehead atoms. The smallest absolute Gasteiger partial charge is 0.217 e. The zero-order valence-electron chi connectivity index (χ0n) is 33.3. The zero-order valence-corrected chi connectivity index (χ0v) is 33.3. The lowest BCUT2D eigenvalue weighted by atomic mass is 10.1. The summed E-state index contributed by atoms with van der Waals surface area (Å²) < 4.78 is 12.3. The van der Waals surface area contributed by atoms with Gasteiger partial charge in [-0.15, -0.1) is 0 Å². The van der Waals surface area contributed by atoms with Crippen LogP contribution in [0.2, 0.25) is 0 Å². The average Bonchev–Trinajstić information content (AvgIpc) is 3.10. The van der Waals surface area contributed by atoms with Crippen LogP contribution in [-0.4, -0.2) is 24.7 Å². The molecule has 0 spiro atoms. The van der Waals surface area contributed by atoms with E-state index in [9.17, 15) is 0 Å². The van der Waals surface area contributed by atoms with Crippen LogP contribution in [0.5, 0.6) is 11.8 Å². The van der Waals surface area contributed by atoms with Gasteiger partial charge < -0.3 is 14.8 Å². The van der Waals surface area contributed by atoms with E-state index in [2.05, 4.69) is 80.8 Å². The fourth-order valence-corrected chi connectivity index (χ4v) is 5.56. The Labute approximate surface area is 305 Å². The van der Waals surface area contributed by atoms with Crippen molar-refractivity contribution in [2.75, 3.05) is 13.7 Å². The molecule has 0 aromatic carbocycles. The zero-order chi connectivity index (χ0) is 35.9. The fraction of sp³-hybridized carbons (Fsp3) is 0.711. The van der Waals surface area contributed by atoms with Crippen LogP contribution < -0.4 is 14.8 Å². The minimum atomic E-state index is 0.154. The second kappa shape index (κ2) is 38.5. The second-order valence-corrected chi connectivity index (χ2v) is 13.2. The summed E-state index contributed by atoms with van der Waals surface area (Å²) in [6.07, 6.45) is 47.3. The topological polar surface area (TPSA) is 43.4 Å². The third-order valence-corrected chi connectivity index (χ3v) is 8.45. The monoisotopic (exact) mass is 681 g/mol. The van der Waals surface area contributed by atoms with Crippen molar-refractivity contribution in [2.24, 2.45) is 0 Å². The molecular weight excluding hydrogens is 601 g/mol. The Morgan fingerprint density at radius 2 is 1.06 bits per heavy atom. The van der Waals surface area contributed by atoms with Gasteiger partial charge in [0.15, 0.2) is 0 Å². The van der Waals surface area contributed by atoms with Gasteiger partial charge in [-0.05, 0) is 96.6 Å². The molecule has 1 N–H and O–H groups in total. The van der Waals surface area contributed by atoms with Gasteiger partial charge in [0.2, 0.25) is 11.8 Å². The van der Waals surface area contributed by atoms with Crippen LogP contribution in [0.25, 0.3) is 0 Å². The molecule has 4 nitrogen and oxygen atoms in total. The highest BCUT2D eigenvalue weighted by Gasteiger charge is 2.09. The first-order chi connectivity index (χ1) is 24.2. The van der Waals surface area contributed by atoms with E-state index >= 15 is 0 Å². The number of nitrogens with zero attached hydrogens (tertiary/aromatic N) is 1. The van der Waals surface area contributed by atoms with Crippen LogP contribution in [0.15, 0.2) is 60.7 Å². The van der Waals surface area contributed by atoms with E-state index in [1.165, 1.54) is 122 Å². The molecule has 0 saturated heterocycles. The Hall–Kier alpha value is -2.33. The number of hydrogen-bond acceptors (Lipinski definition) is 4. The van der Waals surface area contributed by atoms with E-state index in [1.54, 1.807) is 0 Å². The van der Waals surface area contributed by atoms with Crippen LogP contribution in [-0.2, 0) is 6.54 Å². The molecule has 1 unspecified atom stereocenters. The van der Waals surface area contributed by atoms with Crippen molar-refractivity contribution < 1.29 is 9.47 Å². The number of allylic oxidation sites excluding steroid dienone is 8. The lowest BCUT2D eigenvalue weighted by molar-refractivity contribution is 0.194. The number of unbranched alkanes of at least 4 members (excludes halogenated alkanes) is 16. The molecule has 1 atom stereocenters. The number of nitrogens with one attached hydrogen (secondary N) is 1. The maximum atomic E-state index is 6.25. The van der Waals surface area contributed by atoms with Gasteiger partial charge in [-0.2, -0.15) is 4.98 Å². The molecule has 0 radical (unpaired) electrons. The van der Waals surface area contributed by atoms with E-state index in [-0.39, 0.29) is 6.10 Å². The Morgan fingerprint density at radius 3 is 1.61 bits per heavy atom. The summed E-state index contributed by atoms with van der Waals surface area (Å²) in [5, 5.41) is 3.25. The minimum absolute atomic E-state index is 0.154. The third kappa shape index (κ3) is 32.6. The van der Waals surface area contributed by atoms with E-state index in [4.69, 9.17) is 14.5 Å². The molecule has 1 aromatic rings. The van der Waals surface area contributed by atoms with Crippen molar-refractivity contribution >= 4 is 0 Å². The standard InChI is InChI=1S/C43H74N2O2.C2H6/c1-5-7-9-11-13-15-17-19-21-22-24-26-28-30-32-34-36-46-42-37-41(39-44-4)38-43(45-42)47-40(3)35-33-31-29-27-25-23-20-18-16-14-12-10-8-6-2;1-2/h12-15,18-21,37-38,40,44H,5-11,16-17,22-36,39H2,1-4H3;1-2H3/b14-12-,15-13-,20-18-,21-19-;. The maximum absolute atomic E-state index is 6.25. The van der Waals surface area contributed by atoms with Crippen LogP contribution in [0.4, 0.5) is 0 Å². The van der Waals surface area contributed by atoms with Gasteiger partial charge in [-0.3, -0.25) is 0 Å². The van der Waals surface area contributed by atoms with Gasteiger partial charge in [0.25, 0.3) is 0 Å². The highest BCUT2D eigenvalue weighted by atomic mass is 16.5. The summed E-state index contributed by atoms with van der Waals surface area (Å²) in [6, 6.07) is 4.10. The van der Waals surface area contributed by atoms with Gasteiger partial charge >= 0.3 is 0 Å². The predicted molar refractivity (Wildman–Crippen MR) is 218 cm³/mol. The van der Waals surface area contributed by atoms with Gasteiger partial charge in [0.05, 0.1) is 12.7 Å². The Balaban J connectivity index is 0.0000113. The minimum Gasteiger partial charge on any atom is -0.478 e. The van der Waals surface area contributed by atoms with Crippen molar-refractivity contribution in [3.05, 3.63) is 66.3 Å². The quantitative estimate of drug-likeness (QED) is 0.0593. The number of rotatable bonds is 33. The van der Waals surface area contributed by atoms with Gasteiger partial charge in [-0.25, -0.2) is 0 Å². The molecule has 0 aliphatic carbocycles. The van der Waals surface area contributed by atoms with Crippen molar-refractivity contribution in [1.82, 2.24) is 10.3 Å². The summed E-state index contributed by atoms with van der Waals surface area (Å²) in [5.74, 6) is 1.37. The summed E-state index contributed by atoms with van der Waals surface area (Å²) in [6.45, 7) is 12.2. The first-order valence-electron chi connectivity index (χ1n) is 20.7. The number of aromatic nitrogens is 1. The summed E-state index contributed by atoms with van der Waals surface area (Å²) >= 11 is 0. The lowest BCUT2D eigenvalue weighted by Gasteiger charge is -2.16. The molecule has 282 valence electrons. The first kappa shape index (κ1) is 46.7. The molecular formula is C45H80N2O2. The molecule has 0 fully saturated rings. The third-order valence-electron chi connectivity index (χ3n) is 8.45. The lowest BCUT2D eigenvalue weighted by Crippen LogP contribution is -2.14. The fourth-order valence-electron chi connectivity index (χ4n) is 5.56.